The van der Waals surface area contributed by atoms with E-state index in [0.29, 0.717) is 26.0 Å². The Morgan fingerprint density at radius 2 is 1.66 bits per heavy atom. The Balaban J connectivity index is 1.99. The molecule has 0 fully saturated rings. The van der Waals surface area contributed by atoms with Crippen molar-refractivity contribution in [3.8, 4) is 5.75 Å². The number of nitrogens with zero attached hydrogens (tertiary/aromatic N) is 1. The molecule has 0 unspecified atom stereocenters. The minimum Gasteiger partial charge on any atom is -0.494 e. The third kappa shape index (κ3) is 7.60. The summed E-state index contributed by atoms with van der Waals surface area (Å²) in [5, 5.41) is 2.90. The molecule has 0 bridgehead atoms. The summed E-state index contributed by atoms with van der Waals surface area (Å²) in [6.45, 7) is 8.50. The second-order valence-electron chi connectivity index (χ2n) is 7.61. The first-order valence-electron chi connectivity index (χ1n) is 10.2. The molecular weight excluding hydrogens is 364 g/mol. The van der Waals surface area contributed by atoms with Crippen LogP contribution in [0.15, 0.2) is 54.6 Å². The monoisotopic (exact) mass is 396 g/mol. The molecule has 2 rings (SSSR count). The highest BCUT2D eigenvalue weighted by Crippen LogP contribution is 2.14. The second-order valence-corrected chi connectivity index (χ2v) is 7.61. The minimum atomic E-state index is -0.541. The SMILES string of the molecule is Cc1ccc(CN(C(=O)CCCOc2ccccc2)[C@@H](C)C(=O)NC(C)C)cc1. The molecule has 2 aromatic rings. The van der Waals surface area contributed by atoms with E-state index in [2.05, 4.69) is 5.32 Å². The van der Waals surface area contributed by atoms with Crippen molar-refractivity contribution in [2.45, 2.75) is 59.2 Å². The van der Waals surface area contributed by atoms with Crippen LogP contribution in [0.1, 0.15) is 44.7 Å². The summed E-state index contributed by atoms with van der Waals surface area (Å²) in [5.41, 5.74) is 2.17. The maximum Gasteiger partial charge on any atom is 0.242 e. The number of ether oxygens (including phenoxy) is 1. The van der Waals surface area contributed by atoms with Gasteiger partial charge in [0.05, 0.1) is 6.61 Å². The molecule has 0 heterocycles. The van der Waals surface area contributed by atoms with Crippen molar-refractivity contribution in [2.24, 2.45) is 0 Å². The molecule has 2 aromatic carbocycles. The molecule has 0 aliphatic heterocycles. The topological polar surface area (TPSA) is 58.6 Å². The fourth-order valence-corrected chi connectivity index (χ4v) is 2.95. The van der Waals surface area contributed by atoms with Gasteiger partial charge >= 0.3 is 0 Å². The largest absolute Gasteiger partial charge is 0.494 e. The molecular formula is C24H32N2O3. The molecule has 0 aliphatic carbocycles. The molecule has 1 atom stereocenters. The van der Waals surface area contributed by atoms with Crippen molar-refractivity contribution in [2.75, 3.05) is 6.61 Å². The number of nitrogens with one attached hydrogen (secondary N) is 1. The van der Waals surface area contributed by atoms with Crippen LogP contribution in [0.4, 0.5) is 0 Å². The van der Waals surface area contributed by atoms with E-state index in [4.69, 9.17) is 4.74 Å². The summed E-state index contributed by atoms with van der Waals surface area (Å²) in [6, 6.07) is 17.1. The molecule has 0 aromatic heterocycles. The van der Waals surface area contributed by atoms with Gasteiger partial charge in [0.15, 0.2) is 0 Å². The van der Waals surface area contributed by atoms with Gasteiger partial charge in [0, 0.05) is 19.0 Å². The van der Waals surface area contributed by atoms with Crippen LogP contribution in [0.3, 0.4) is 0 Å². The highest BCUT2D eigenvalue weighted by atomic mass is 16.5. The fraction of sp³-hybridized carbons (Fsp3) is 0.417. The maximum absolute atomic E-state index is 12.9. The van der Waals surface area contributed by atoms with Crippen molar-refractivity contribution < 1.29 is 14.3 Å². The first kappa shape index (κ1) is 22.5. The Bertz CT molecular complexity index is 772. The Kier molecular flexibility index (Phi) is 8.71. The van der Waals surface area contributed by atoms with Gasteiger partial charge in [0.1, 0.15) is 11.8 Å². The average Bonchev–Trinajstić information content (AvgIpc) is 2.70. The van der Waals surface area contributed by atoms with E-state index >= 15 is 0 Å². The predicted octanol–water partition coefficient (Wildman–Crippen LogP) is 4.10. The lowest BCUT2D eigenvalue weighted by Gasteiger charge is -2.29. The van der Waals surface area contributed by atoms with E-state index < -0.39 is 6.04 Å². The van der Waals surface area contributed by atoms with E-state index in [1.807, 2.05) is 75.4 Å². The van der Waals surface area contributed by atoms with Gasteiger partial charge in [-0.25, -0.2) is 0 Å². The zero-order valence-electron chi connectivity index (χ0n) is 17.9. The number of rotatable bonds is 10. The van der Waals surface area contributed by atoms with Crippen molar-refractivity contribution in [3.63, 3.8) is 0 Å². The minimum absolute atomic E-state index is 0.0283. The zero-order valence-corrected chi connectivity index (χ0v) is 17.9. The summed E-state index contributed by atoms with van der Waals surface area (Å²) in [5.74, 6) is 0.607. The van der Waals surface area contributed by atoms with Gasteiger partial charge in [-0.3, -0.25) is 9.59 Å². The Labute approximate surface area is 174 Å². The third-order valence-corrected chi connectivity index (χ3v) is 4.62. The van der Waals surface area contributed by atoms with Gasteiger partial charge in [0.2, 0.25) is 11.8 Å². The van der Waals surface area contributed by atoms with Crippen LogP contribution in [0.2, 0.25) is 0 Å². The Morgan fingerprint density at radius 1 is 1.00 bits per heavy atom. The number of hydrogen-bond donors (Lipinski definition) is 1. The van der Waals surface area contributed by atoms with Gasteiger partial charge in [-0.15, -0.1) is 0 Å². The van der Waals surface area contributed by atoms with Crippen LogP contribution < -0.4 is 10.1 Å². The van der Waals surface area contributed by atoms with Crippen LogP contribution in [0.5, 0.6) is 5.75 Å². The van der Waals surface area contributed by atoms with Crippen LogP contribution >= 0.6 is 0 Å². The van der Waals surface area contributed by atoms with Crippen LogP contribution in [-0.2, 0) is 16.1 Å². The molecule has 5 heteroatoms. The molecule has 0 radical (unpaired) electrons. The van der Waals surface area contributed by atoms with Gasteiger partial charge in [-0.05, 0) is 51.8 Å². The van der Waals surface area contributed by atoms with Gasteiger partial charge in [-0.2, -0.15) is 0 Å². The molecule has 29 heavy (non-hydrogen) atoms. The van der Waals surface area contributed by atoms with Crippen LogP contribution in [0, 0.1) is 6.92 Å². The third-order valence-electron chi connectivity index (χ3n) is 4.62. The van der Waals surface area contributed by atoms with E-state index in [-0.39, 0.29) is 17.9 Å². The molecule has 0 saturated heterocycles. The Morgan fingerprint density at radius 3 is 2.28 bits per heavy atom. The quantitative estimate of drug-likeness (QED) is 0.615. The lowest BCUT2D eigenvalue weighted by Crippen LogP contribution is -2.49. The summed E-state index contributed by atoms with van der Waals surface area (Å²) in [6.07, 6.45) is 0.925. The summed E-state index contributed by atoms with van der Waals surface area (Å²) in [4.78, 5) is 27.1. The van der Waals surface area contributed by atoms with E-state index in [9.17, 15) is 9.59 Å². The van der Waals surface area contributed by atoms with E-state index in [0.717, 1.165) is 16.9 Å². The van der Waals surface area contributed by atoms with E-state index in [1.165, 1.54) is 0 Å². The number of carbonyl (C=O) groups excluding carboxylic acids is 2. The van der Waals surface area contributed by atoms with Gasteiger partial charge < -0.3 is 15.0 Å². The van der Waals surface area contributed by atoms with E-state index in [1.54, 1.807) is 11.8 Å². The smallest absolute Gasteiger partial charge is 0.242 e. The number of aryl methyl sites for hydroxylation is 1. The molecule has 2 amide bonds. The van der Waals surface area contributed by atoms with Gasteiger partial charge in [0.25, 0.3) is 0 Å². The molecule has 0 spiro atoms. The van der Waals surface area contributed by atoms with Crippen molar-refractivity contribution in [1.29, 1.82) is 0 Å². The normalized spacial score (nSPS) is 11.8. The standard InChI is InChI=1S/C24H32N2O3/c1-18(2)25-24(28)20(4)26(17-21-14-12-19(3)13-15-21)23(27)11-8-16-29-22-9-6-5-7-10-22/h5-7,9-10,12-15,18,20H,8,11,16-17H2,1-4H3,(H,25,28)/t20-/m0/s1. The summed E-state index contributed by atoms with van der Waals surface area (Å²) >= 11 is 0. The summed E-state index contributed by atoms with van der Waals surface area (Å²) in [7, 11) is 0. The lowest BCUT2D eigenvalue weighted by atomic mass is 10.1. The van der Waals surface area contributed by atoms with Crippen molar-refractivity contribution in [1.82, 2.24) is 10.2 Å². The number of amides is 2. The highest BCUT2D eigenvalue weighted by molar-refractivity contribution is 5.87. The first-order chi connectivity index (χ1) is 13.9. The molecule has 0 aliphatic rings. The van der Waals surface area contributed by atoms with Crippen LogP contribution in [-0.4, -0.2) is 35.4 Å². The lowest BCUT2D eigenvalue weighted by molar-refractivity contribution is -0.141. The van der Waals surface area contributed by atoms with Gasteiger partial charge in [-0.1, -0.05) is 48.0 Å². The highest BCUT2D eigenvalue weighted by Gasteiger charge is 2.26. The number of benzene rings is 2. The number of hydrogen-bond acceptors (Lipinski definition) is 3. The second kappa shape index (κ2) is 11.2. The van der Waals surface area contributed by atoms with Crippen molar-refractivity contribution in [3.05, 3.63) is 65.7 Å². The van der Waals surface area contributed by atoms with Crippen molar-refractivity contribution >= 4 is 11.8 Å². The Hall–Kier alpha value is -2.82. The molecule has 156 valence electrons. The number of para-hydroxylation sites is 1. The molecule has 0 saturated carbocycles. The summed E-state index contributed by atoms with van der Waals surface area (Å²) < 4.78 is 5.68. The first-order valence-corrected chi connectivity index (χ1v) is 10.2. The van der Waals surface area contributed by atoms with Crippen LogP contribution in [0.25, 0.3) is 0 Å². The average molecular weight is 397 g/mol. The molecule has 5 nitrogen and oxygen atoms in total. The predicted molar refractivity (Wildman–Crippen MR) is 116 cm³/mol. The zero-order chi connectivity index (χ0) is 21.2. The molecule has 1 N–H and O–H groups in total. The maximum atomic E-state index is 12.9. The number of carbonyl (C=O) groups is 2. The fourth-order valence-electron chi connectivity index (χ4n) is 2.95.